The van der Waals surface area contributed by atoms with E-state index in [4.69, 9.17) is 0 Å². The zero-order chi connectivity index (χ0) is 19.2. The first-order valence-electron chi connectivity index (χ1n) is 8.09. The average molecular weight is 372 g/mol. The standard InChI is InChI=1S/C19H15F3N4O/c20-13-6-7-14(18(22)17(13)21)26-16-11-24-15(10-25-16)19(27)23-9-8-12-4-2-1-3-5-12/h1-7,10-11H,8-9H2,(H,23,27)(H,25,26). The Kier molecular flexibility index (Phi) is 5.65. The van der Waals surface area contributed by atoms with Crippen molar-refractivity contribution < 1.29 is 18.0 Å². The molecular weight excluding hydrogens is 357 g/mol. The largest absolute Gasteiger partial charge is 0.350 e. The van der Waals surface area contributed by atoms with Gasteiger partial charge in [-0.2, -0.15) is 0 Å². The van der Waals surface area contributed by atoms with Crippen LogP contribution < -0.4 is 10.6 Å². The van der Waals surface area contributed by atoms with Gasteiger partial charge in [0, 0.05) is 6.54 Å². The highest BCUT2D eigenvalue weighted by Crippen LogP contribution is 2.22. The molecule has 0 bridgehead atoms. The second-order valence-electron chi connectivity index (χ2n) is 5.63. The number of nitrogens with zero attached hydrogens (tertiary/aromatic N) is 2. The highest BCUT2D eigenvalue weighted by atomic mass is 19.2. The van der Waals surface area contributed by atoms with Crippen LogP contribution in [0.15, 0.2) is 54.9 Å². The molecule has 27 heavy (non-hydrogen) atoms. The van der Waals surface area contributed by atoms with Crippen LogP contribution in [-0.4, -0.2) is 22.4 Å². The monoisotopic (exact) mass is 372 g/mol. The molecule has 0 atom stereocenters. The molecule has 0 saturated carbocycles. The molecule has 2 N–H and O–H groups in total. The molecule has 0 unspecified atom stereocenters. The van der Waals surface area contributed by atoms with Gasteiger partial charge in [0.1, 0.15) is 11.5 Å². The zero-order valence-corrected chi connectivity index (χ0v) is 14.0. The molecule has 1 heterocycles. The molecule has 0 aliphatic carbocycles. The van der Waals surface area contributed by atoms with Crippen LogP contribution in [0.2, 0.25) is 0 Å². The van der Waals surface area contributed by atoms with Gasteiger partial charge in [-0.3, -0.25) is 4.79 Å². The number of aromatic nitrogens is 2. The third kappa shape index (κ3) is 4.60. The van der Waals surface area contributed by atoms with Crippen molar-refractivity contribution in [3.8, 4) is 0 Å². The Bertz CT molecular complexity index is 934. The van der Waals surface area contributed by atoms with Crippen LogP contribution >= 0.6 is 0 Å². The van der Waals surface area contributed by atoms with Crippen LogP contribution in [0.25, 0.3) is 0 Å². The predicted molar refractivity (Wildman–Crippen MR) is 94.1 cm³/mol. The number of benzene rings is 2. The van der Waals surface area contributed by atoms with Gasteiger partial charge in [0.2, 0.25) is 0 Å². The van der Waals surface area contributed by atoms with Gasteiger partial charge in [-0.05, 0) is 24.1 Å². The van der Waals surface area contributed by atoms with E-state index in [0.29, 0.717) is 13.0 Å². The summed E-state index contributed by atoms with van der Waals surface area (Å²) in [6.45, 7) is 0.435. The summed E-state index contributed by atoms with van der Waals surface area (Å²) in [4.78, 5) is 19.9. The predicted octanol–water partition coefficient (Wildman–Crippen LogP) is 3.61. The lowest BCUT2D eigenvalue weighted by Crippen LogP contribution is -2.26. The zero-order valence-electron chi connectivity index (χ0n) is 14.0. The number of halogens is 3. The number of carbonyl (C=O) groups excluding carboxylic acids is 1. The van der Waals surface area contributed by atoms with Gasteiger partial charge in [0.15, 0.2) is 17.5 Å². The molecule has 3 aromatic rings. The maximum Gasteiger partial charge on any atom is 0.271 e. The number of carbonyl (C=O) groups is 1. The summed E-state index contributed by atoms with van der Waals surface area (Å²) in [5, 5.41) is 5.21. The molecular formula is C19H15F3N4O. The van der Waals surface area contributed by atoms with E-state index in [0.717, 1.165) is 17.7 Å². The van der Waals surface area contributed by atoms with Crippen LogP contribution in [0.4, 0.5) is 24.7 Å². The van der Waals surface area contributed by atoms with Crippen LogP contribution in [0, 0.1) is 17.5 Å². The number of nitrogens with one attached hydrogen (secondary N) is 2. The Morgan fingerprint density at radius 2 is 1.70 bits per heavy atom. The minimum absolute atomic E-state index is 0.0828. The number of anilines is 2. The fraction of sp³-hybridized carbons (Fsp3) is 0.105. The van der Waals surface area contributed by atoms with Gasteiger partial charge in [0.05, 0.1) is 18.1 Å². The summed E-state index contributed by atoms with van der Waals surface area (Å²) in [5.41, 5.74) is 0.889. The van der Waals surface area contributed by atoms with Gasteiger partial charge >= 0.3 is 0 Å². The van der Waals surface area contributed by atoms with Crippen LogP contribution in [-0.2, 0) is 6.42 Å². The molecule has 3 rings (SSSR count). The molecule has 0 radical (unpaired) electrons. The van der Waals surface area contributed by atoms with Gasteiger partial charge in [0.25, 0.3) is 5.91 Å². The average Bonchev–Trinajstić information content (AvgIpc) is 2.70. The molecule has 8 heteroatoms. The summed E-state index contributed by atoms with van der Waals surface area (Å²) in [6, 6.07) is 11.5. The first-order chi connectivity index (χ1) is 13.0. The molecule has 5 nitrogen and oxygen atoms in total. The smallest absolute Gasteiger partial charge is 0.271 e. The Hall–Kier alpha value is -3.42. The van der Waals surface area contributed by atoms with E-state index in [-0.39, 0.29) is 17.2 Å². The van der Waals surface area contributed by atoms with Gasteiger partial charge in [-0.15, -0.1) is 0 Å². The highest BCUT2D eigenvalue weighted by Gasteiger charge is 2.14. The molecule has 0 aliphatic rings. The fourth-order valence-corrected chi connectivity index (χ4v) is 2.33. The molecule has 138 valence electrons. The lowest BCUT2D eigenvalue weighted by Gasteiger charge is -2.08. The van der Waals surface area contributed by atoms with Crippen molar-refractivity contribution in [3.63, 3.8) is 0 Å². The van der Waals surface area contributed by atoms with E-state index in [1.54, 1.807) is 0 Å². The molecule has 2 aromatic carbocycles. The van der Waals surface area contributed by atoms with E-state index < -0.39 is 23.4 Å². The van der Waals surface area contributed by atoms with Gasteiger partial charge in [-0.1, -0.05) is 30.3 Å². The number of amides is 1. The number of rotatable bonds is 6. The third-order valence-electron chi connectivity index (χ3n) is 3.72. The molecule has 0 fully saturated rings. The van der Waals surface area contributed by atoms with Crippen molar-refractivity contribution in [2.24, 2.45) is 0 Å². The van der Waals surface area contributed by atoms with Gasteiger partial charge in [-0.25, -0.2) is 23.1 Å². The summed E-state index contributed by atoms with van der Waals surface area (Å²) < 4.78 is 39.8. The molecule has 0 spiro atoms. The SMILES string of the molecule is O=C(NCCc1ccccc1)c1cnc(Nc2ccc(F)c(F)c2F)cn1. The molecule has 1 aromatic heterocycles. The first kappa shape index (κ1) is 18.4. The van der Waals surface area contributed by atoms with Crippen molar-refractivity contribution in [2.75, 3.05) is 11.9 Å². The van der Waals surface area contributed by atoms with Crippen LogP contribution in [0.5, 0.6) is 0 Å². The second-order valence-corrected chi connectivity index (χ2v) is 5.63. The quantitative estimate of drug-likeness (QED) is 0.649. The molecule has 0 aliphatic heterocycles. The van der Waals surface area contributed by atoms with Crippen LogP contribution in [0.1, 0.15) is 16.1 Å². The normalized spacial score (nSPS) is 10.5. The fourth-order valence-electron chi connectivity index (χ4n) is 2.33. The maximum atomic E-state index is 13.6. The summed E-state index contributed by atoms with van der Waals surface area (Å²) in [5.74, 6) is -4.54. The van der Waals surface area contributed by atoms with Crippen molar-refractivity contribution in [1.82, 2.24) is 15.3 Å². The number of hydrogen-bond donors (Lipinski definition) is 2. The Morgan fingerprint density at radius 1 is 0.926 bits per heavy atom. The summed E-state index contributed by atoms with van der Waals surface area (Å²) >= 11 is 0. The number of hydrogen-bond acceptors (Lipinski definition) is 4. The van der Waals surface area contributed by atoms with E-state index in [1.165, 1.54) is 12.4 Å². The molecule has 0 saturated heterocycles. The Morgan fingerprint density at radius 3 is 2.41 bits per heavy atom. The summed E-state index contributed by atoms with van der Waals surface area (Å²) in [7, 11) is 0. The van der Waals surface area contributed by atoms with Crippen molar-refractivity contribution in [1.29, 1.82) is 0 Å². The lowest BCUT2D eigenvalue weighted by atomic mass is 10.1. The Balaban J connectivity index is 1.58. The third-order valence-corrected chi connectivity index (χ3v) is 3.72. The van der Waals surface area contributed by atoms with E-state index in [2.05, 4.69) is 20.6 Å². The van der Waals surface area contributed by atoms with Crippen LogP contribution in [0.3, 0.4) is 0 Å². The van der Waals surface area contributed by atoms with Crippen molar-refractivity contribution >= 4 is 17.4 Å². The second kappa shape index (κ2) is 8.31. The van der Waals surface area contributed by atoms with Crippen molar-refractivity contribution in [2.45, 2.75) is 6.42 Å². The maximum absolute atomic E-state index is 13.6. The van der Waals surface area contributed by atoms with E-state index in [9.17, 15) is 18.0 Å². The molecule has 1 amide bonds. The van der Waals surface area contributed by atoms with Crippen molar-refractivity contribution in [3.05, 3.63) is 83.6 Å². The summed E-state index contributed by atoms with van der Waals surface area (Å²) in [6.07, 6.45) is 3.08. The van der Waals surface area contributed by atoms with E-state index in [1.807, 2.05) is 30.3 Å². The first-order valence-corrected chi connectivity index (χ1v) is 8.09. The van der Waals surface area contributed by atoms with E-state index >= 15 is 0 Å². The topological polar surface area (TPSA) is 66.9 Å². The lowest BCUT2D eigenvalue weighted by molar-refractivity contribution is 0.0949. The highest BCUT2D eigenvalue weighted by molar-refractivity contribution is 5.92. The van der Waals surface area contributed by atoms with Gasteiger partial charge < -0.3 is 10.6 Å². The minimum Gasteiger partial charge on any atom is -0.350 e. The minimum atomic E-state index is -1.58. The Labute approximate surface area is 153 Å².